The first-order valence-electron chi connectivity index (χ1n) is 7.44. The molecule has 3 aromatic rings. The summed E-state index contributed by atoms with van der Waals surface area (Å²) >= 11 is 0. The molecule has 122 valence electrons. The van der Waals surface area contributed by atoms with Gasteiger partial charge in [-0.2, -0.15) is 4.98 Å². The zero-order chi connectivity index (χ0) is 16.8. The van der Waals surface area contributed by atoms with Crippen LogP contribution in [0, 0.1) is 6.92 Å². The van der Waals surface area contributed by atoms with Crippen LogP contribution >= 0.6 is 0 Å². The minimum absolute atomic E-state index is 0.0767. The number of carbonyl (C=O) groups is 1. The van der Waals surface area contributed by atoms with Crippen LogP contribution in [0.3, 0.4) is 0 Å². The highest BCUT2D eigenvalue weighted by molar-refractivity contribution is 5.92. The molecule has 24 heavy (non-hydrogen) atoms. The third kappa shape index (κ3) is 3.98. The van der Waals surface area contributed by atoms with E-state index in [0.29, 0.717) is 23.7 Å². The highest BCUT2D eigenvalue weighted by atomic mass is 16.6. The minimum atomic E-state index is -0.505. The molecule has 1 aromatic heterocycles. The average molecular weight is 324 g/mol. The highest BCUT2D eigenvalue weighted by Gasteiger charge is 2.15. The summed E-state index contributed by atoms with van der Waals surface area (Å²) in [5.74, 6) is 0.707. The summed E-state index contributed by atoms with van der Waals surface area (Å²) in [6, 6.07) is 16.7. The zero-order valence-corrected chi connectivity index (χ0v) is 13.1. The van der Waals surface area contributed by atoms with Crippen molar-refractivity contribution < 1.29 is 18.8 Å². The average Bonchev–Trinajstić information content (AvgIpc) is 3.04. The van der Waals surface area contributed by atoms with Crippen molar-refractivity contribution in [3.05, 3.63) is 77.4 Å². The van der Waals surface area contributed by atoms with E-state index in [0.717, 1.165) is 5.56 Å². The maximum absolute atomic E-state index is 12.3. The van der Waals surface area contributed by atoms with Gasteiger partial charge in [0.25, 0.3) is 5.89 Å². The van der Waals surface area contributed by atoms with E-state index in [1.54, 1.807) is 31.2 Å². The molecule has 0 atom stereocenters. The monoisotopic (exact) mass is 324 g/mol. The molecular formula is C18H16N2O4. The number of hydrogen-bond acceptors (Lipinski definition) is 6. The Morgan fingerprint density at radius 3 is 2.54 bits per heavy atom. The van der Waals surface area contributed by atoms with Gasteiger partial charge >= 0.3 is 5.97 Å². The number of rotatable bonds is 6. The Balaban J connectivity index is 1.65. The van der Waals surface area contributed by atoms with Crippen LogP contribution in [0.2, 0.25) is 0 Å². The van der Waals surface area contributed by atoms with Crippen LogP contribution in [0.25, 0.3) is 0 Å². The minimum Gasteiger partial charge on any atom is -0.488 e. The van der Waals surface area contributed by atoms with Gasteiger partial charge in [0.1, 0.15) is 17.9 Å². The summed E-state index contributed by atoms with van der Waals surface area (Å²) in [5.41, 5.74) is 1.37. The third-order valence-corrected chi connectivity index (χ3v) is 3.24. The number of hydrogen-bond donors (Lipinski definition) is 0. The van der Waals surface area contributed by atoms with E-state index >= 15 is 0 Å². The van der Waals surface area contributed by atoms with Crippen LogP contribution in [0.4, 0.5) is 0 Å². The van der Waals surface area contributed by atoms with Gasteiger partial charge in [-0.15, -0.1) is 0 Å². The van der Waals surface area contributed by atoms with Gasteiger partial charge in [0.15, 0.2) is 12.4 Å². The zero-order valence-electron chi connectivity index (χ0n) is 13.1. The summed E-state index contributed by atoms with van der Waals surface area (Å²) in [5, 5.41) is 3.65. The van der Waals surface area contributed by atoms with Crippen LogP contribution < -0.4 is 4.74 Å². The largest absolute Gasteiger partial charge is 0.488 e. The van der Waals surface area contributed by atoms with Crippen LogP contribution in [-0.2, 0) is 18.0 Å². The number of nitrogens with zero attached hydrogens (tertiary/aromatic N) is 2. The molecule has 0 saturated heterocycles. The second-order valence-electron chi connectivity index (χ2n) is 5.08. The number of esters is 1. The van der Waals surface area contributed by atoms with Crippen molar-refractivity contribution in [1.29, 1.82) is 0 Å². The smallest absolute Gasteiger partial charge is 0.342 e. The summed E-state index contributed by atoms with van der Waals surface area (Å²) in [6.07, 6.45) is 0. The molecule has 0 spiro atoms. The van der Waals surface area contributed by atoms with E-state index in [4.69, 9.17) is 14.0 Å². The van der Waals surface area contributed by atoms with Crippen molar-refractivity contribution in [1.82, 2.24) is 10.1 Å². The molecule has 0 saturated carbocycles. The molecule has 0 aliphatic rings. The van der Waals surface area contributed by atoms with Gasteiger partial charge in [-0.25, -0.2) is 4.79 Å². The number of aryl methyl sites for hydroxylation is 1. The number of ether oxygens (including phenoxy) is 2. The fourth-order valence-corrected chi connectivity index (χ4v) is 2.10. The van der Waals surface area contributed by atoms with E-state index < -0.39 is 5.97 Å². The molecule has 6 heteroatoms. The van der Waals surface area contributed by atoms with Crippen molar-refractivity contribution in [3.63, 3.8) is 0 Å². The van der Waals surface area contributed by atoms with Crippen molar-refractivity contribution in [2.45, 2.75) is 20.1 Å². The van der Waals surface area contributed by atoms with Gasteiger partial charge in [0.2, 0.25) is 0 Å². The summed E-state index contributed by atoms with van der Waals surface area (Å²) < 4.78 is 15.9. The quantitative estimate of drug-likeness (QED) is 0.648. The third-order valence-electron chi connectivity index (χ3n) is 3.24. The van der Waals surface area contributed by atoms with Crippen LogP contribution in [0.5, 0.6) is 5.75 Å². The van der Waals surface area contributed by atoms with Crippen LogP contribution in [0.15, 0.2) is 59.1 Å². The molecule has 0 amide bonds. The molecule has 0 aliphatic heterocycles. The first-order chi connectivity index (χ1) is 11.7. The van der Waals surface area contributed by atoms with E-state index in [1.165, 1.54) is 0 Å². The first-order valence-corrected chi connectivity index (χ1v) is 7.44. The van der Waals surface area contributed by atoms with Gasteiger partial charge in [-0.1, -0.05) is 47.6 Å². The van der Waals surface area contributed by atoms with Gasteiger partial charge in [0, 0.05) is 0 Å². The Kier molecular flexibility index (Phi) is 4.86. The molecule has 0 unspecified atom stereocenters. The molecule has 2 aromatic carbocycles. The fourth-order valence-electron chi connectivity index (χ4n) is 2.10. The standard InChI is InChI=1S/C18H16N2O4/c1-13-19-17(24-20-13)12-23-18(21)15-9-5-6-10-16(15)22-11-14-7-3-2-4-8-14/h2-10H,11-12H2,1H3. The Labute approximate surface area is 139 Å². The van der Waals surface area contributed by atoms with Crippen LogP contribution in [0.1, 0.15) is 27.6 Å². The Morgan fingerprint density at radius 1 is 1.04 bits per heavy atom. The maximum atomic E-state index is 12.3. The summed E-state index contributed by atoms with van der Waals surface area (Å²) in [7, 11) is 0. The number of para-hydroxylation sites is 1. The SMILES string of the molecule is Cc1noc(COC(=O)c2ccccc2OCc2ccccc2)n1. The second-order valence-corrected chi connectivity index (χ2v) is 5.08. The number of benzene rings is 2. The molecule has 1 heterocycles. The lowest BCUT2D eigenvalue weighted by atomic mass is 10.2. The van der Waals surface area contributed by atoms with Crippen molar-refractivity contribution in [3.8, 4) is 5.75 Å². The number of carbonyl (C=O) groups excluding carboxylic acids is 1. The van der Waals surface area contributed by atoms with Gasteiger partial charge in [0.05, 0.1) is 0 Å². The Hall–Kier alpha value is -3.15. The highest BCUT2D eigenvalue weighted by Crippen LogP contribution is 2.20. The van der Waals surface area contributed by atoms with E-state index in [-0.39, 0.29) is 12.5 Å². The topological polar surface area (TPSA) is 74.5 Å². The number of aromatic nitrogens is 2. The molecule has 6 nitrogen and oxygen atoms in total. The molecular weight excluding hydrogens is 308 g/mol. The predicted molar refractivity (Wildman–Crippen MR) is 85.4 cm³/mol. The summed E-state index contributed by atoms with van der Waals surface area (Å²) in [4.78, 5) is 16.3. The second kappa shape index (κ2) is 7.41. The van der Waals surface area contributed by atoms with Gasteiger partial charge in [-0.3, -0.25) is 0 Å². The van der Waals surface area contributed by atoms with Crippen molar-refractivity contribution in [2.24, 2.45) is 0 Å². The van der Waals surface area contributed by atoms with E-state index in [9.17, 15) is 4.79 Å². The lowest BCUT2D eigenvalue weighted by Gasteiger charge is -2.10. The molecule has 0 bridgehead atoms. The lowest BCUT2D eigenvalue weighted by Crippen LogP contribution is -2.08. The maximum Gasteiger partial charge on any atom is 0.342 e. The van der Waals surface area contributed by atoms with Gasteiger partial charge in [-0.05, 0) is 24.6 Å². The van der Waals surface area contributed by atoms with Crippen molar-refractivity contribution >= 4 is 5.97 Å². The molecule has 3 rings (SSSR count). The lowest BCUT2D eigenvalue weighted by molar-refractivity contribution is 0.0425. The van der Waals surface area contributed by atoms with Crippen molar-refractivity contribution in [2.75, 3.05) is 0 Å². The van der Waals surface area contributed by atoms with Gasteiger partial charge < -0.3 is 14.0 Å². The fraction of sp³-hybridized carbons (Fsp3) is 0.167. The molecule has 0 radical (unpaired) electrons. The molecule has 0 N–H and O–H groups in total. The first kappa shape index (κ1) is 15.7. The van der Waals surface area contributed by atoms with E-state index in [2.05, 4.69) is 10.1 Å². The molecule has 0 aliphatic carbocycles. The molecule has 0 fully saturated rings. The predicted octanol–water partition coefficient (Wildman–Crippen LogP) is 3.31. The van der Waals surface area contributed by atoms with E-state index in [1.807, 2.05) is 30.3 Å². The Bertz CT molecular complexity index is 815. The normalized spacial score (nSPS) is 10.4. The summed E-state index contributed by atoms with van der Waals surface area (Å²) in [6.45, 7) is 1.99. The Morgan fingerprint density at radius 2 is 1.79 bits per heavy atom. The van der Waals surface area contributed by atoms with Crippen LogP contribution in [-0.4, -0.2) is 16.1 Å².